The smallest absolute Gasteiger partial charge is 0.419 e. The molecule has 0 aliphatic heterocycles. The number of ether oxygens (including phenoxy) is 3. The van der Waals surface area contributed by atoms with Crippen LogP contribution in [0.2, 0.25) is 0 Å². The number of para-hydroxylation sites is 1. The highest BCUT2D eigenvalue weighted by Gasteiger charge is 2.40. The number of esters is 1. The number of rotatable bonds is 21. The minimum atomic E-state index is -1.38. The Morgan fingerprint density at radius 3 is 1.74 bits per heavy atom. The van der Waals surface area contributed by atoms with Crippen LogP contribution < -0.4 is 16.0 Å². The predicted molar refractivity (Wildman–Crippen MR) is 301 cm³/mol. The van der Waals surface area contributed by atoms with Gasteiger partial charge in [-0.1, -0.05) is 184 Å². The average Bonchev–Trinajstić information content (AvgIpc) is 3.99. The third kappa shape index (κ3) is 13.0. The monoisotopic (exact) mass is 1050 g/mol. The minimum absolute atomic E-state index is 0.0333. The Labute approximate surface area is 454 Å². The highest BCUT2D eigenvalue weighted by molar-refractivity contribution is 8.00. The fourth-order valence-electron chi connectivity index (χ4n) is 10.00. The van der Waals surface area contributed by atoms with E-state index in [-0.39, 0.29) is 37.2 Å². The summed E-state index contributed by atoms with van der Waals surface area (Å²) in [6, 6.07) is 49.2. The molecule has 0 saturated heterocycles. The number of benzene rings is 6. The molecule has 6 aromatic carbocycles. The topological polar surface area (TPSA) is 174 Å². The molecule has 0 unspecified atom stereocenters. The number of amides is 3. The number of aromatic nitrogens is 1. The summed E-state index contributed by atoms with van der Waals surface area (Å²) in [6.45, 7) is 12.4. The van der Waals surface area contributed by atoms with Gasteiger partial charge < -0.3 is 35.3 Å². The van der Waals surface area contributed by atoms with Crippen molar-refractivity contribution in [3.63, 3.8) is 0 Å². The zero-order valence-electron chi connectivity index (χ0n) is 44.0. The maximum absolute atomic E-state index is 15.4. The van der Waals surface area contributed by atoms with Gasteiger partial charge in [-0.3, -0.25) is 19.0 Å². The summed E-state index contributed by atoms with van der Waals surface area (Å²) in [6.07, 6.45) is -0.397. The lowest BCUT2D eigenvalue weighted by atomic mass is 9.84. The number of nitrogens with one attached hydrogen (secondary N) is 3. The highest BCUT2D eigenvalue weighted by atomic mass is 32.2. The third-order valence-corrected chi connectivity index (χ3v) is 15.2. The van der Waals surface area contributed by atoms with Crippen LogP contribution in [0.3, 0.4) is 0 Å². The second-order valence-electron chi connectivity index (χ2n) is 20.4. The largest absolute Gasteiger partial charge is 0.461 e. The second kappa shape index (κ2) is 24.8. The molecular weight excluding hydrogens is 989 g/mol. The van der Waals surface area contributed by atoms with Gasteiger partial charge >= 0.3 is 18.2 Å². The molecule has 3 amide bonds. The molecule has 1 aromatic heterocycles. The van der Waals surface area contributed by atoms with E-state index in [9.17, 15) is 19.5 Å². The Bertz CT molecular complexity index is 3050. The van der Waals surface area contributed by atoms with E-state index in [1.54, 1.807) is 52.9 Å². The normalized spacial score (nSPS) is 13.8. The molecule has 0 saturated carbocycles. The molecular formula is C63H66N4O9S. The van der Waals surface area contributed by atoms with Crippen LogP contribution in [0, 0.1) is 5.92 Å². The summed E-state index contributed by atoms with van der Waals surface area (Å²) in [5.74, 6) is -2.74. The van der Waals surface area contributed by atoms with E-state index in [4.69, 9.17) is 14.2 Å². The fourth-order valence-corrected chi connectivity index (χ4v) is 11.6. The van der Waals surface area contributed by atoms with Crippen molar-refractivity contribution in [3.05, 3.63) is 216 Å². The first-order chi connectivity index (χ1) is 37.1. The number of carbonyl (C=O) groups excluding carboxylic acids is 5. The third-order valence-electron chi connectivity index (χ3n) is 13.6. The lowest BCUT2D eigenvalue weighted by Gasteiger charge is -2.37. The molecule has 0 fully saturated rings. The maximum atomic E-state index is 15.4. The van der Waals surface area contributed by atoms with Crippen molar-refractivity contribution in [1.29, 1.82) is 0 Å². The van der Waals surface area contributed by atoms with Crippen molar-refractivity contribution in [2.45, 2.75) is 88.0 Å². The Hall–Kier alpha value is -7.94. The lowest BCUT2D eigenvalue weighted by Crippen LogP contribution is -2.58. The number of aliphatic hydroxyl groups excluding tert-OH is 1. The summed E-state index contributed by atoms with van der Waals surface area (Å²) in [5.41, 5.74) is 7.10. The molecule has 4 atom stereocenters. The summed E-state index contributed by atoms with van der Waals surface area (Å²) >= 11 is 1.44. The van der Waals surface area contributed by atoms with E-state index in [1.807, 2.05) is 152 Å². The number of nitrogens with zero attached hydrogens (tertiary/aromatic N) is 1. The molecule has 7 aromatic rings. The zero-order valence-corrected chi connectivity index (χ0v) is 44.8. The second-order valence-corrected chi connectivity index (χ2v) is 21.7. The van der Waals surface area contributed by atoms with Crippen molar-refractivity contribution in [2.75, 3.05) is 19.0 Å². The zero-order chi connectivity index (χ0) is 54.7. The average molecular weight is 1060 g/mol. The van der Waals surface area contributed by atoms with Crippen LogP contribution in [-0.4, -0.2) is 88.4 Å². The van der Waals surface area contributed by atoms with Gasteiger partial charge in [0.15, 0.2) is 0 Å². The first-order valence-corrected chi connectivity index (χ1v) is 26.9. The SMILES string of the molecule is C=CCOC(=O)C[C@H](O)[C@H](NC(=O)[C@@H](CSC(c1ccccc1)(c1ccccc1)c1ccccc1)NC(=O)[C@@H](Cc1cn(C(=O)OC(C)(C)C)c2ccccc12)NC(=O)OCC1c2ccccc2-c2ccccc21)C(C)C. The first kappa shape index (κ1) is 55.3. The molecule has 1 aliphatic carbocycles. The first-order valence-electron chi connectivity index (χ1n) is 25.9. The van der Waals surface area contributed by atoms with E-state index < -0.39 is 71.0 Å². The van der Waals surface area contributed by atoms with Crippen LogP contribution in [0.1, 0.15) is 80.3 Å². The summed E-state index contributed by atoms with van der Waals surface area (Å²) in [7, 11) is 0. The van der Waals surface area contributed by atoms with Crippen LogP contribution in [0.4, 0.5) is 9.59 Å². The fraction of sp³-hybridized carbons (Fsp3) is 0.286. The van der Waals surface area contributed by atoms with Gasteiger partial charge in [0.25, 0.3) is 0 Å². The molecule has 0 radical (unpaired) electrons. The van der Waals surface area contributed by atoms with Gasteiger partial charge in [-0.25, -0.2) is 9.59 Å². The van der Waals surface area contributed by atoms with E-state index >= 15 is 9.59 Å². The maximum Gasteiger partial charge on any atom is 0.419 e. The standard InChI is InChI=1S/C63H66N4O9S/c1-7-35-74-56(69)37-55(68)57(41(2)3)66-59(71)53(40-77-63(43-23-11-8-12-24-43,44-25-13-9-14-26-44)45-27-15-10-16-28-45)64-58(70)52(36-42-38-67(61(73)76-62(4,5)6)54-34-22-21-29-46(42)54)65-60(72)75-39-51-49-32-19-17-30-47(49)48-31-18-20-33-50(48)51/h7-34,38,41,51-53,55,57,68H,1,35-37,39-40H2,2-6H3,(H,64,70)(H,65,72)(H,66,71)/t52-,53-,55+,57-/m1/s1. The number of fused-ring (bicyclic) bond motifs is 4. The molecule has 14 heteroatoms. The minimum Gasteiger partial charge on any atom is -0.461 e. The number of aliphatic hydroxyl groups is 1. The Kier molecular flexibility index (Phi) is 17.8. The van der Waals surface area contributed by atoms with Crippen molar-refractivity contribution in [2.24, 2.45) is 5.92 Å². The van der Waals surface area contributed by atoms with Crippen LogP contribution >= 0.6 is 11.8 Å². The number of thioether (sulfide) groups is 1. The van der Waals surface area contributed by atoms with Crippen molar-refractivity contribution >= 4 is 52.6 Å². The Balaban J connectivity index is 1.17. The van der Waals surface area contributed by atoms with Crippen molar-refractivity contribution < 1.29 is 43.3 Å². The number of carbonyl (C=O) groups is 5. The number of hydrogen-bond acceptors (Lipinski definition) is 10. The number of hydrogen-bond donors (Lipinski definition) is 4. The van der Waals surface area contributed by atoms with E-state index in [0.29, 0.717) is 16.5 Å². The van der Waals surface area contributed by atoms with Gasteiger partial charge in [0.2, 0.25) is 11.8 Å². The van der Waals surface area contributed by atoms with Gasteiger partial charge in [-0.15, -0.1) is 11.8 Å². The lowest BCUT2D eigenvalue weighted by molar-refractivity contribution is -0.145. The molecule has 8 rings (SSSR count). The molecule has 398 valence electrons. The summed E-state index contributed by atoms with van der Waals surface area (Å²) < 4.78 is 17.5. The van der Waals surface area contributed by atoms with Gasteiger partial charge in [0, 0.05) is 29.7 Å². The molecule has 77 heavy (non-hydrogen) atoms. The summed E-state index contributed by atoms with van der Waals surface area (Å²) in [4.78, 5) is 71.4. The molecule has 0 bridgehead atoms. The molecule has 0 spiro atoms. The van der Waals surface area contributed by atoms with Gasteiger partial charge in [0.05, 0.1) is 28.8 Å². The summed E-state index contributed by atoms with van der Waals surface area (Å²) in [5, 5.41) is 21.0. The molecule has 1 aliphatic rings. The van der Waals surface area contributed by atoms with Gasteiger partial charge in [0.1, 0.15) is 30.9 Å². The molecule has 1 heterocycles. The van der Waals surface area contributed by atoms with E-state index in [0.717, 1.165) is 38.9 Å². The number of alkyl carbamates (subject to hydrolysis) is 1. The van der Waals surface area contributed by atoms with Crippen LogP contribution in [0.25, 0.3) is 22.0 Å². The van der Waals surface area contributed by atoms with Gasteiger partial charge in [-0.2, -0.15) is 0 Å². The highest BCUT2D eigenvalue weighted by Crippen LogP contribution is 2.49. The van der Waals surface area contributed by atoms with E-state index in [2.05, 4.69) is 22.5 Å². The molecule has 4 N–H and O–H groups in total. The Morgan fingerprint density at radius 2 is 1.19 bits per heavy atom. The van der Waals surface area contributed by atoms with Crippen molar-refractivity contribution in [1.82, 2.24) is 20.5 Å². The van der Waals surface area contributed by atoms with Gasteiger partial charge in [-0.05, 0) is 77.3 Å². The Morgan fingerprint density at radius 1 is 0.675 bits per heavy atom. The predicted octanol–water partition coefficient (Wildman–Crippen LogP) is 10.7. The van der Waals surface area contributed by atoms with Crippen LogP contribution in [0.15, 0.2) is 183 Å². The quantitative estimate of drug-likeness (QED) is 0.0235. The van der Waals surface area contributed by atoms with E-state index in [1.165, 1.54) is 22.4 Å². The molecule has 13 nitrogen and oxygen atoms in total. The van der Waals surface area contributed by atoms with Crippen molar-refractivity contribution in [3.8, 4) is 11.1 Å². The van der Waals surface area contributed by atoms with Crippen LogP contribution in [0.5, 0.6) is 0 Å². The van der Waals surface area contributed by atoms with Crippen LogP contribution in [-0.2, 0) is 39.8 Å².